The fourth-order valence-corrected chi connectivity index (χ4v) is 6.66. The second-order valence-corrected chi connectivity index (χ2v) is 18.2. The lowest BCUT2D eigenvalue weighted by Crippen LogP contribution is -2.47. The lowest BCUT2D eigenvalue weighted by molar-refractivity contribution is 0.0282. The summed E-state index contributed by atoms with van der Waals surface area (Å²) in [6.07, 6.45) is 4.95. The van der Waals surface area contributed by atoms with Crippen molar-refractivity contribution in [3.05, 3.63) is 107 Å². The third-order valence-electron chi connectivity index (χ3n) is 9.58. The SMILES string of the molecule is CC(C)(C)OC(=O)NC1CC(CO)C1.CC(C)(C)OC(=O)NC1CC(COCc2ccc(F)cc2)C1.Cl.Fc1ccc(CBr)cc1.NC1CC(COCc2ccc(F)cc2)C1. The molecular formula is C46H66BrClF3N3O7. The van der Waals surface area contributed by atoms with Gasteiger partial charge in [0.15, 0.2) is 0 Å². The van der Waals surface area contributed by atoms with Crippen molar-refractivity contribution in [3.8, 4) is 0 Å². The van der Waals surface area contributed by atoms with Crippen LogP contribution in [0.3, 0.4) is 0 Å². The number of hydrogen-bond donors (Lipinski definition) is 4. The Labute approximate surface area is 374 Å². The summed E-state index contributed by atoms with van der Waals surface area (Å²) in [5, 5.41) is 15.2. The summed E-state index contributed by atoms with van der Waals surface area (Å²) >= 11 is 3.26. The van der Waals surface area contributed by atoms with E-state index in [2.05, 4.69) is 26.6 Å². The molecule has 3 saturated carbocycles. The molecule has 0 radical (unpaired) electrons. The summed E-state index contributed by atoms with van der Waals surface area (Å²) in [4.78, 5) is 22.9. The van der Waals surface area contributed by atoms with Crippen molar-refractivity contribution in [2.45, 2.75) is 128 Å². The number of rotatable bonds is 12. The second-order valence-electron chi connectivity index (χ2n) is 17.7. The van der Waals surface area contributed by atoms with Gasteiger partial charge < -0.3 is 40.4 Å². The fourth-order valence-electron chi connectivity index (χ4n) is 6.29. The number of nitrogens with one attached hydrogen (secondary N) is 2. The predicted octanol–water partition coefficient (Wildman–Crippen LogP) is 10.1. The van der Waals surface area contributed by atoms with E-state index in [1.54, 1.807) is 36.4 Å². The molecule has 3 aliphatic rings. The van der Waals surface area contributed by atoms with Crippen molar-refractivity contribution < 1.29 is 46.8 Å². The molecule has 6 rings (SSSR count). The molecule has 0 unspecified atom stereocenters. The highest BCUT2D eigenvalue weighted by Crippen LogP contribution is 2.29. The minimum Gasteiger partial charge on any atom is -0.444 e. The Morgan fingerprint density at radius 2 is 0.951 bits per heavy atom. The molecule has 5 N–H and O–H groups in total. The second kappa shape index (κ2) is 26.9. The average molecular weight is 945 g/mol. The summed E-state index contributed by atoms with van der Waals surface area (Å²) in [5.41, 5.74) is 7.83. The fraction of sp³-hybridized carbons (Fsp3) is 0.565. The highest BCUT2D eigenvalue weighted by molar-refractivity contribution is 9.08. The molecule has 3 aromatic rings. The number of amides is 2. The number of nitrogens with two attached hydrogens (primary N) is 1. The van der Waals surface area contributed by atoms with E-state index in [1.807, 2.05) is 41.5 Å². The third kappa shape index (κ3) is 23.6. The summed E-state index contributed by atoms with van der Waals surface area (Å²) < 4.78 is 59.0. The summed E-state index contributed by atoms with van der Waals surface area (Å²) in [7, 11) is 0. The van der Waals surface area contributed by atoms with Gasteiger partial charge in [0, 0.05) is 43.3 Å². The predicted molar refractivity (Wildman–Crippen MR) is 238 cm³/mol. The number of carbonyl (C=O) groups excluding carboxylic acids is 2. The number of hydrogen-bond acceptors (Lipinski definition) is 8. The van der Waals surface area contributed by atoms with Crippen molar-refractivity contribution >= 4 is 40.5 Å². The molecule has 0 heterocycles. The molecular weight excluding hydrogens is 879 g/mol. The summed E-state index contributed by atoms with van der Waals surface area (Å²) in [6, 6.07) is 19.9. The molecule has 10 nitrogen and oxygen atoms in total. The van der Waals surface area contributed by atoms with E-state index in [4.69, 9.17) is 29.8 Å². The van der Waals surface area contributed by atoms with Crippen LogP contribution in [0.4, 0.5) is 22.8 Å². The molecule has 0 saturated heterocycles. The van der Waals surface area contributed by atoms with E-state index in [0.29, 0.717) is 43.6 Å². The van der Waals surface area contributed by atoms with E-state index in [-0.39, 0.29) is 60.7 Å². The Bertz CT molecular complexity index is 1680. The molecule has 0 spiro atoms. The topological polar surface area (TPSA) is 141 Å². The van der Waals surface area contributed by atoms with Crippen molar-refractivity contribution in [1.82, 2.24) is 10.6 Å². The number of carbonyl (C=O) groups is 2. The molecule has 61 heavy (non-hydrogen) atoms. The quantitative estimate of drug-likeness (QED) is 0.132. The van der Waals surface area contributed by atoms with Gasteiger partial charge in [0.1, 0.15) is 28.7 Å². The average Bonchev–Trinajstić information content (AvgIpc) is 3.12. The molecule has 342 valence electrons. The molecule has 0 bridgehead atoms. The summed E-state index contributed by atoms with van der Waals surface area (Å²) in [6.45, 7) is 13.7. The number of alkyl halides is 1. The monoisotopic (exact) mass is 943 g/mol. The maximum Gasteiger partial charge on any atom is 0.407 e. The Morgan fingerprint density at radius 3 is 1.26 bits per heavy atom. The highest BCUT2D eigenvalue weighted by Gasteiger charge is 2.32. The lowest BCUT2D eigenvalue weighted by Gasteiger charge is -2.36. The molecule has 0 aromatic heterocycles. The van der Waals surface area contributed by atoms with Gasteiger partial charge in [-0.05, 0) is 151 Å². The third-order valence-corrected chi connectivity index (χ3v) is 10.2. The van der Waals surface area contributed by atoms with Crippen molar-refractivity contribution in [3.63, 3.8) is 0 Å². The first-order valence-corrected chi connectivity index (χ1v) is 21.7. The van der Waals surface area contributed by atoms with Crippen LogP contribution in [0.5, 0.6) is 0 Å². The van der Waals surface area contributed by atoms with Gasteiger partial charge in [-0.2, -0.15) is 0 Å². The Morgan fingerprint density at radius 1 is 0.623 bits per heavy atom. The number of alkyl carbamates (subject to hydrolysis) is 2. The Hall–Kier alpha value is -3.40. The Balaban J connectivity index is 0.000000291. The zero-order valence-electron chi connectivity index (χ0n) is 36.3. The van der Waals surface area contributed by atoms with E-state index in [0.717, 1.165) is 67.2 Å². The molecule has 15 heteroatoms. The van der Waals surface area contributed by atoms with Crippen LogP contribution < -0.4 is 16.4 Å². The standard InChI is InChI=1S/C17H24FNO3.C12H16FNO.C10H19NO3.C7H6BrF.ClH/c1-17(2,3)22-16(20)19-15-8-13(9-15)11-21-10-12-4-6-14(18)7-5-12;13-11-3-1-9(2-4-11)7-15-8-10-5-12(14)6-10;1-10(2,3)14-9(13)11-8-4-7(5-8)6-12;8-5-6-1-3-7(9)4-2-6;/h4-7,13,15H,8-11H2,1-3H3,(H,19,20);1-4,10,12H,5-8,14H2;7-8,12H,4-6H2,1-3H3,(H,11,13);1-4H,5H2;1H. The normalized spacial score (nSPS) is 21.2. The maximum absolute atomic E-state index is 12.8. The molecule has 3 aliphatic carbocycles. The van der Waals surface area contributed by atoms with Gasteiger partial charge in [-0.1, -0.05) is 52.3 Å². The van der Waals surface area contributed by atoms with Crippen molar-refractivity contribution in [2.75, 3.05) is 19.8 Å². The van der Waals surface area contributed by atoms with Gasteiger partial charge in [0.2, 0.25) is 0 Å². The van der Waals surface area contributed by atoms with Crippen molar-refractivity contribution in [2.24, 2.45) is 23.5 Å². The molecule has 0 aliphatic heterocycles. The Kier molecular flexibility index (Phi) is 23.7. The van der Waals surface area contributed by atoms with Crippen LogP contribution in [-0.4, -0.2) is 66.4 Å². The number of ether oxygens (including phenoxy) is 4. The number of benzene rings is 3. The highest BCUT2D eigenvalue weighted by atomic mass is 79.9. The van der Waals surface area contributed by atoms with Gasteiger partial charge in [-0.15, -0.1) is 12.4 Å². The van der Waals surface area contributed by atoms with Crippen molar-refractivity contribution in [1.29, 1.82) is 0 Å². The minimum absolute atomic E-state index is 0. The first-order valence-electron chi connectivity index (χ1n) is 20.6. The van der Waals surface area contributed by atoms with Crippen LogP contribution in [0.25, 0.3) is 0 Å². The van der Waals surface area contributed by atoms with Gasteiger partial charge in [-0.25, -0.2) is 22.8 Å². The summed E-state index contributed by atoms with van der Waals surface area (Å²) in [5.74, 6) is 0.818. The first kappa shape index (κ1) is 53.7. The first-order chi connectivity index (χ1) is 28.3. The van der Waals surface area contributed by atoms with E-state index in [9.17, 15) is 22.8 Å². The van der Waals surface area contributed by atoms with Crippen LogP contribution in [0.15, 0.2) is 72.8 Å². The van der Waals surface area contributed by atoms with Crippen LogP contribution in [0.1, 0.15) is 96.8 Å². The zero-order chi connectivity index (χ0) is 44.3. The van der Waals surface area contributed by atoms with Crippen LogP contribution in [0, 0.1) is 35.2 Å². The van der Waals surface area contributed by atoms with E-state index >= 15 is 0 Å². The van der Waals surface area contributed by atoms with Gasteiger partial charge in [-0.3, -0.25) is 0 Å². The number of aliphatic hydroxyl groups excluding tert-OH is 1. The van der Waals surface area contributed by atoms with Crippen LogP contribution >= 0.6 is 28.3 Å². The molecule has 2 amide bonds. The van der Waals surface area contributed by atoms with Gasteiger partial charge >= 0.3 is 12.2 Å². The smallest absolute Gasteiger partial charge is 0.407 e. The van der Waals surface area contributed by atoms with E-state index in [1.165, 1.54) is 36.4 Å². The largest absolute Gasteiger partial charge is 0.444 e. The maximum atomic E-state index is 12.8. The van der Waals surface area contributed by atoms with Gasteiger partial charge in [0.25, 0.3) is 0 Å². The molecule has 3 aromatic carbocycles. The molecule has 3 fully saturated rings. The van der Waals surface area contributed by atoms with Gasteiger partial charge in [0.05, 0.1) is 13.2 Å². The van der Waals surface area contributed by atoms with Crippen LogP contribution in [-0.2, 0) is 37.5 Å². The van der Waals surface area contributed by atoms with Crippen LogP contribution in [0.2, 0.25) is 0 Å². The zero-order valence-corrected chi connectivity index (χ0v) is 38.7. The van der Waals surface area contributed by atoms with E-state index < -0.39 is 11.2 Å². The number of halogens is 5. The molecule has 0 atom stereocenters. The number of aliphatic hydroxyl groups is 1. The minimum atomic E-state index is -0.467. The lowest BCUT2D eigenvalue weighted by atomic mass is 9.81.